The Balaban J connectivity index is 0.938. The average Bonchev–Trinajstić information content (AvgIpc) is 3.90. The molecule has 4 aliphatic carbocycles. The molecule has 9 aromatic carbocycles. The van der Waals surface area contributed by atoms with Crippen molar-refractivity contribution in [2.24, 2.45) is 17.8 Å². The lowest BCUT2D eigenvalue weighted by molar-refractivity contribution is -0.00518. The van der Waals surface area contributed by atoms with Crippen molar-refractivity contribution < 1.29 is 0 Å². The third-order valence-corrected chi connectivity index (χ3v) is 16.9. The Kier molecular flexibility index (Phi) is 8.37. The van der Waals surface area contributed by atoms with Crippen LogP contribution in [0.15, 0.2) is 200 Å². The van der Waals surface area contributed by atoms with Gasteiger partial charge in [0.1, 0.15) is 0 Å². The number of para-hydroxylation sites is 1. The predicted molar refractivity (Wildman–Crippen MR) is 277 cm³/mol. The van der Waals surface area contributed by atoms with Crippen LogP contribution in [0.3, 0.4) is 0 Å². The van der Waals surface area contributed by atoms with Crippen LogP contribution in [0.5, 0.6) is 0 Å². The van der Waals surface area contributed by atoms with E-state index in [-0.39, 0.29) is 0 Å². The molecule has 15 rings (SSSR count). The summed E-state index contributed by atoms with van der Waals surface area (Å²) < 4.78 is 5.12. The number of fused-ring (bicyclic) bond motifs is 7. The van der Waals surface area contributed by atoms with Crippen molar-refractivity contribution in [3.63, 3.8) is 0 Å². The summed E-state index contributed by atoms with van der Waals surface area (Å²) in [7, 11) is 0. The maximum absolute atomic E-state index is 2.52. The largest absolute Gasteiger partial charge is 0.310 e. The SMILES string of the molecule is c1ccc(-c2cccc3cccc(-c4ccc(N(c5ccc6c7ccccc7n(-c7ccc(C89CC%10CC(CC(C%10)C8)C9)cc7)c6c5)c5cccc6sc7ccccc7c56)cc4)c23)cc1. The third kappa shape index (κ3) is 5.91. The fourth-order valence-electron chi connectivity index (χ4n) is 13.4. The van der Waals surface area contributed by atoms with Gasteiger partial charge in [0.25, 0.3) is 0 Å². The summed E-state index contributed by atoms with van der Waals surface area (Å²) in [6, 6.07) is 75.2. The highest BCUT2D eigenvalue weighted by atomic mass is 32.1. The van der Waals surface area contributed by atoms with Crippen LogP contribution >= 0.6 is 11.3 Å². The number of rotatable bonds is 7. The molecule has 0 unspecified atom stereocenters. The van der Waals surface area contributed by atoms with Crippen LogP contribution in [0.1, 0.15) is 44.1 Å². The smallest absolute Gasteiger partial charge is 0.0561 e. The molecule has 11 aromatic rings. The molecule has 2 nitrogen and oxygen atoms in total. The van der Waals surface area contributed by atoms with Crippen LogP contribution in [0, 0.1) is 17.8 Å². The van der Waals surface area contributed by atoms with Gasteiger partial charge >= 0.3 is 0 Å². The molecule has 3 heteroatoms. The van der Waals surface area contributed by atoms with Gasteiger partial charge in [-0.1, -0.05) is 140 Å². The molecular weight excluding hydrogens is 805 g/mol. The first-order chi connectivity index (χ1) is 32.1. The highest BCUT2D eigenvalue weighted by Crippen LogP contribution is 2.61. The lowest BCUT2D eigenvalue weighted by atomic mass is 9.48. The standard InChI is InChI=1S/C62H48N2S/c1-2-11-43(12-3-1)50-17-8-13-45-14-9-18-51(60(45)50)44-23-27-47(28-24-44)63(56-20-10-22-59-61(56)54-16-5-7-21-58(54)65-59)49-31-32-53-52-15-4-6-19-55(52)64(57(53)36-49)48-29-25-46(26-30-48)62-37-40-33-41(38-62)35-42(34-40)39-62/h1-32,36,40-42H,33-35,37-39H2. The zero-order chi connectivity index (χ0) is 42.6. The molecule has 4 saturated carbocycles. The zero-order valence-electron chi connectivity index (χ0n) is 36.3. The molecule has 0 aliphatic heterocycles. The van der Waals surface area contributed by atoms with E-state index in [0.29, 0.717) is 5.41 Å². The summed E-state index contributed by atoms with van der Waals surface area (Å²) in [5.41, 5.74) is 14.0. The maximum Gasteiger partial charge on any atom is 0.0561 e. The summed E-state index contributed by atoms with van der Waals surface area (Å²) in [4.78, 5) is 2.50. The van der Waals surface area contributed by atoms with Crippen molar-refractivity contribution in [1.29, 1.82) is 0 Å². The second kappa shape index (κ2) is 14.5. The van der Waals surface area contributed by atoms with E-state index >= 15 is 0 Å². The van der Waals surface area contributed by atoms with Crippen molar-refractivity contribution in [2.45, 2.75) is 43.9 Å². The first-order valence-electron chi connectivity index (χ1n) is 23.7. The van der Waals surface area contributed by atoms with Gasteiger partial charge in [0, 0.05) is 48.0 Å². The van der Waals surface area contributed by atoms with Gasteiger partial charge in [-0.15, -0.1) is 11.3 Å². The summed E-state index contributed by atoms with van der Waals surface area (Å²) in [6.07, 6.45) is 8.57. The molecule has 4 fully saturated rings. The monoisotopic (exact) mass is 852 g/mol. The normalized spacial score (nSPS) is 20.2. The first kappa shape index (κ1) is 37.4. The number of anilines is 3. The molecule has 312 valence electrons. The van der Waals surface area contributed by atoms with E-state index in [0.717, 1.165) is 29.1 Å². The molecular formula is C62H48N2S. The number of thiophene rings is 1. The quantitative estimate of drug-likeness (QED) is 0.155. The van der Waals surface area contributed by atoms with Crippen molar-refractivity contribution in [1.82, 2.24) is 4.57 Å². The number of hydrogen-bond donors (Lipinski definition) is 0. The van der Waals surface area contributed by atoms with E-state index in [1.165, 1.54) is 125 Å². The number of nitrogens with zero attached hydrogens (tertiary/aromatic N) is 2. The molecule has 0 spiro atoms. The molecule has 0 amide bonds. The minimum absolute atomic E-state index is 0.377. The minimum atomic E-state index is 0.377. The molecule has 0 saturated heterocycles. The molecule has 0 radical (unpaired) electrons. The van der Waals surface area contributed by atoms with E-state index in [1.807, 2.05) is 11.3 Å². The lowest BCUT2D eigenvalue weighted by Crippen LogP contribution is -2.48. The van der Waals surface area contributed by atoms with Crippen LogP contribution in [-0.4, -0.2) is 4.57 Å². The second-order valence-corrected chi connectivity index (χ2v) is 20.6. The Labute approximate surface area is 384 Å². The van der Waals surface area contributed by atoms with E-state index in [1.54, 1.807) is 5.56 Å². The lowest BCUT2D eigenvalue weighted by Gasteiger charge is -2.57. The molecule has 65 heavy (non-hydrogen) atoms. The number of benzene rings is 9. The highest BCUT2D eigenvalue weighted by Gasteiger charge is 2.51. The molecule has 2 aromatic heterocycles. The van der Waals surface area contributed by atoms with Crippen LogP contribution < -0.4 is 4.90 Å². The fourth-order valence-corrected chi connectivity index (χ4v) is 14.5. The molecule has 0 atom stereocenters. The topological polar surface area (TPSA) is 8.17 Å². The van der Waals surface area contributed by atoms with Crippen LogP contribution in [0.25, 0.3) is 80.7 Å². The molecule has 4 aliphatic rings. The van der Waals surface area contributed by atoms with Gasteiger partial charge in [-0.25, -0.2) is 0 Å². The van der Waals surface area contributed by atoms with Crippen molar-refractivity contribution in [3.05, 3.63) is 206 Å². The Bertz CT molecular complexity index is 3590. The fraction of sp³-hybridized carbons (Fsp3) is 0.161. The van der Waals surface area contributed by atoms with Gasteiger partial charge in [0.15, 0.2) is 0 Å². The Morgan fingerprint density at radius 1 is 0.446 bits per heavy atom. The second-order valence-electron chi connectivity index (χ2n) is 19.5. The van der Waals surface area contributed by atoms with Gasteiger partial charge in [0.2, 0.25) is 0 Å². The van der Waals surface area contributed by atoms with Crippen LogP contribution in [0.4, 0.5) is 17.1 Å². The summed E-state index contributed by atoms with van der Waals surface area (Å²) in [6.45, 7) is 0. The van der Waals surface area contributed by atoms with Crippen molar-refractivity contribution in [3.8, 4) is 27.9 Å². The third-order valence-electron chi connectivity index (χ3n) is 15.7. The zero-order valence-corrected chi connectivity index (χ0v) is 37.1. The number of hydrogen-bond acceptors (Lipinski definition) is 2. The Morgan fingerprint density at radius 2 is 1.05 bits per heavy atom. The Hall–Kier alpha value is -6.94. The molecule has 0 N–H and O–H groups in total. The summed E-state index contributed by atoms with van der Waals surface area (Å²) >= 11 is 1.88. The van der Waals surface area contributed by atoms with Crippen LogP contribution in [-0.2, 0) is 5.41 Å². The van der Waals surface area contributed by atoms with Gasteiger partial charge in [-0.3, -0.25) is 0 Å². The van der Waals surface area contributed by atoms with Crippen molar-refractivity contribution in [2.75, 3.05) is 4.90 Å². The maximum atomic E-state index is 2.52. The van der Waals surface area contributed by atoms with Gasteiger partial charge in [0.05, 0.1) is 16.7 Å². The average molecular weight is 853 g/mol. The number of aromatic nitrogens is 1. The van der Waals surface area contributed by atoms with E-state index in [2.05, 4.69) is 210 Å². The Morgan fingerprint density at radius 3 is 1.78 bits per heavy atom. The summed E-state index contributed by atoms with van der Waals surface area (Å²) in [5.74, 6) is 2.79. The van der Waals surface area contributed by atoms with E-state index in [9.17, 15) is 0 Å². The van der Waals surface area contributed by atoms with Gasteiger partial charge in [-0.05, 0) is 161 Å². The first-order valence-corrected chi connectivity index (χ1v) is 24.5. The van der Waals surface area contributed by atoms with Gasteiger partial charge in [-0.2, -0.15) is 0 Å². The van der Waals surface area contributed by atoms with Gasteiger partial charge < -0.3 is 9.47 Å². The molecule has 4 bridgehead atoms. The summed E-state index contributed by atoms with van der Waals surface area (Å²) in [5, 5.41) is 7.67. The van der Waals surface area contributed by atoms with Crippen molar-refractivity contribution >= 4 is 81.1 Å². The predicted octanol–water partition coefficient (Wildman–Crippen LogP) is 17.6. The van der Waals surface area contributed by atoms with E-state index in [4.69, 9.17) is 0 Å². The van der Waals surface area contributed by atoms with E-state index < -0.39 is 0 Å². The molecule has 2 heterocycles. The minimum Gasteiger partial charge on any atom is -0.310 e. The van der Waals surface area contributed by atoms with Crippen LogP contribution in [0.2, 0.25) is 0 Å². The highest BCUT2D eigenvalue weighted by molar-refractivity contribution is 7.26.